The van der Waals surface area contributed by atoms with Crippen LogP contribution in [0.5, 0.6) is 5.75 Å². The fourth-order valence-corrected chi connectivity index (χ4v) is 0.967. The summed E-state index contributed by atoms with van der Waals surface area (Å²) in [6.45, 7) is -2.98. The lowest BCUT2D eigenvalue weighted by Crippen LogP contribution is -2.03. The molecule has 0 amide bonds. The van der Waals surface area contributed by atoms with Gasteiger partial charge in [0, 0.05) is 6.07 Å². The molecule has 2 nitrogen and oxygen atoms in total. The molecule has 0 aliphatic rings. The smallest absolute Gasteiger partial charge is 0.387 e. The molecular formula is C7H6F3NOS. The lowest BCUT2D eigenvalue weighted by atomic mass is 10.3. The van der Waals surface area contributed by atoms with Gasteiger partial charge in [-0.1, -0.05) is 12.8 Å². The van der Waals surface area contributed by atoms with Gasteiger partial charge in [0.25, 0.3) is 0 Å². The van der Waals surface area contributed by atoms with Gasteiger partial charge in [-0.2, -0.15) is 8.78 Å². The largest absolute Gasteiger partial charge is 0.432 e. The van der Waals surface area contributed by atoms with Crippen LogP contribution in [0, 0.1) is 5.82 Å². The average Bonchev–Trinajstić information content (AvgIpc) is 2.03. The zero-order chi connectivity index (χ0) is 9.84. The second-order valence-electron chi connectivity index (χ2n) is 2.13. The molecule has 0 heterocycles. The predicted molar refractivity (Wildman–Crippen MR) is 45.6 cm³/mol. The summed E-state index contributed by atoms with van der Waals surface area (Å²) in [5, 5.41) is 0. The molecule has 0 saturated carbocycles. The van der Waals surface area contributed by atoms with Crippen LogP contribution >= 0.6 is 12.8 Å². The molecule has 0 saturated heterocycles. The minimum absolute atomic E-state index is 0.185. The second-order valence-corrected chi connectivity index (χ2v) is 2.35. The lowest BCUT2D eigenvalue weighted by Gasteiger charge is -2.08. The van der Waals surface area contributed by atoms with Crippen LogP contribution in [0.4, 0.5) is 18.9 Å². The van der Waals surface area contributed by atoms with Crippen molar-refractivity contribution in [3.8, 4) is 5.75 Å². The van der Waals surface area contributed by atoms with Crippen LogP contribution in [0.3, 0.4) is 0 Å². The number of hydrogen-bond donors (Lipinski definition) is 2. The molecule has 6 heteroatoms. The van der Waals surface area contributed by atoms with E-state index < -0.39 is 12.4 Å². The van der Waals surface area contributed by atoms with E-state index in [9.17, 15) is 13.2 Å². The third-order valence-corrected chi connectivity index (χ3v) is 1.52. The van der Waals surface area contributed by atoms with Crippen molar-refractivity contribution >= 4 is 18.5 Å². The van der Waals surface area contributed by atoms with Crippen LogP contribution in [-0.2, 0) is 0 Å². The fourth-order valence-electron chi connectivity index (χ4n) is 0.782. The van der Waals surface area contributed by atoms with Crippen LogP contribution in [-0.4, -0.2) is 6.61 Å². The lowest BCUT2D eigenvalue weighted by molar-refractivity contribution is -0.0494. The van der Waals surface area contributed by atoms with Crippen molar-refractivity contribution in [3.05, 3.63) is 24.0 Å². The molecule has 0 spiro atoms. The summed E-state index contributed by atoms with van der Waals surface area (Å²) in [5.41, 5.74) is 0.185. The summed E-state index contributed by atoms with van der Waals surface area (Å²) in [6, 6.07) is 3.21. The summed E-state index contributed by atoms with van der Waals surface area (Å²) in [7, 11) is 0. The van der Waals surface area contributed by atoms with E-state index in [1.165, 1.54) is 6.07 Å². The molecule has 0 atom stereocenters. The monoisotopic (exact) mass is 209 g/mol. The van der Waals surface area contributed by atoms with E-state index in [4.69, 9.17) is 0 Å². The molecule has 0 aliphatic carbocycles. The highest BCUT2D eigenvalue weighted by atomic mass is 32.1. The third-order valence-electron chi connectivity index (χ3n) is 1.28. The zero-order valence-electron chi connectivity index (χ0n) is 6.30. The standard InChI is InChI=1S/C7H6F3NOS/c8-4-1-2-5(11-13)6(3-4)12-7(9)10/h1-3,7,11,13H. The minimum Gasteiger partial charge on any atom is -0.432 e. The van der Waals surface area contributed by atoms with Crippen LogP contribution in [0.15, 0.2) is 18.2 Å². The molecule has 13 heavy (non-hydrogen) atoms. The van der Waals surface area contributed by atoms with Gasteiger partial charge < -0.3 is 9.46 Å². The van der Waals surface area contributed by atoms with Crippen molar-refractivity contribution < 1.29 is 17.9 Å². The first-order chi connectivity index (χ1) is 6.13. The Labute approximate surface area is 78.2 Å². The normalized spacial score (nSPS) is 10.2. The van der Waals surface area contributed by atoms with E-state index >= 15 is 0 Å². The summed E-state index contributed by atoms with van der Waals surface area (Å²) in [4.78, 5) is 0. The maximum absolute atomic E-state index is 12.6. The molecule has 72 valence electrons. The first-order valence-electron chi connectivity index (χ1n) is 3.28. The number of ether oxygens (including phenoxy) is 1. The highest BCUT2D eigenvalue weighted by molar-refractivity contribution is 7.81. The highest BCUT2D eigenvalue weighted by Crippen LogP contribution is 2.27. The minimum atomic E-state index is -2.98. The number of thiol groups is 1. The first kappa shape index (κ1) is 10.0. The quantitative estimate of drug-likeness (QED) is 0.747. The molecule has 0 aliphatic heterocycles. The van der Waals surface area contributed by atoms with E-state index in [0.29, 0.717) is 0 Å². The molecule has 1 rings (SSSR count). The Bertz CT molecular complexity index is 295. The number of hydrogen-bond acceptors (Lipinski definition) is 3. The second kappa shape index (κ2) is 4.27. The molecule has 1 aromatic carbocycles. The van der Waals surface area contributed by atoms with E-state index in [1.807, 2.05) is 0 Å². The van der Waals surface area contributed by atoms with Gasteiger partial charge in [-0.3, -0.25) is 0 Å². The Morgan fingerprint density at radius 2 is 2.08 bits per heavy atom. The average molecular weight is 209 g/mol. The molecule has 0 unspecified atom stereocenters. The van der Waals surface area contributed by atoms with Gasteiger partial charge in [-0.15, -0.1) is 0 Å². The maximum atomic E-state index is 12.6. The van der Waals surface area contributed by atoms with Crippen molar-refractivity contribution in [2.45, 2.75) is 6.61 Å². The van der Waals surface area contributed by atoms with Gasteiger partial charge in [0.05, 0.1) is 5.69 Å². The Morgan fingerprint density at radius 1 is 1.38 bits per heavy atom. The van der Waals surface area contributed by atoms with Crippen LogP contribution in [0.25, 0.3) is 0 Å². The van der Waals surface area contributed by atoms with Crippen molar-refractivity contribution in [1.82, 2.24) is 0 Å². The van der Waals surface area contributed by atoms with Crippen molar-refractivity contribution in [2.75, 3.05) is 4.72 Å². The molecule has 0 radical (unpaired) electrons. The fraction of sp³-hybridized carbons (Fsp3) is 0.143. The van der Waals surface area contributed by atoms with Gasteiger partial charge in [-0.25, -0.2) is 4.39 Å². The first-order valence-corrected chi connectivity index (χ1v) is 3.72. The number of anilines is 1. The van der Waals surface area contributed by atoms with E-state index in [1.54, 1.807) is 0 Å². The number of alkyl halides is 2. The molecule has 1 aromatic rings. The van der Waals surface area contributed by atoms with Crippen LogP contribution in [0.2, 0.25) is 0 Å². The van der Waals surface area contributed by atoms with E-state index in [-0.39, 0.29) is 11.4 Å². The van der Waals surface area contributed by atoms with E-state index in [2.05, 4.69) is 22.3 Å². The molecule has 0 fully saturated rings. The Morgan fingerprint density at radius 3 is 2.62 bits per heavy atom. The Kier molecular flexibility index (Phi) is 3.30. The Hall–Kier alpha value is -1.04. The number of nitrogens with one attached hydrogen (secondary N) is 1. The summed E-state index contributed by atoms with van der Waals surface area (Å²) >= 11 is 3.64. The molecular weight excluding hydrogens is 203 g/mol. The number of rotatable bonds is 3. The molecule has 0 bridgehead atoms. The summed E-state index contributed by atoms with van der Waals surface area (Å²) in [5.74, 6) is -0.923. The summed E-state index contributed by atoms with van der Waals surface area (Å²) in [6.07, 6.45) is 0. The van der Waals surface area contributed by atoms with Gasteiger partial charge in [0.15, 0.2) is 5.75 Å². The van der Waals surface area contributed by atoms with Crippen LogP contribution < -0.4 is 9.46 Å². The van der Waals surface area contributed by atoms with Gasteiger partial charge in [-0.05, 0) is 12.1 Å². The maximum Gasteiger partial charge on any atom is 0.387 e. The highest BCUT2D eigenvalue weighted by Gasteiger charge is 2.09. The molecule has 1 N–H and O–H groups in total. The topological polar surface area (TPSA) is 21.3 Å². The van der Waals surface area contributed by atoms with E-state index in [0.717, 1.165) is 12.1 Å². The van der Waals surface area contributed by atoms with Gasteiger partial charge in [0.2, 0.25) is 0 Å². The third kappa shape index (κ3) is 2.73. The van der Waals surface area contributed by atoms with Crippen LogP contribution in [0.1, 0.15) is 0 Å². The number of halogens is 3. The molecule has 0 aromatic heterocycles. The van der Waals surface area contributed by atoms with Gasteiger partial charge in [0.1, 0.15) is 5.82 Å². The van der Waals surface area contributed by atoms with Crippen molar-refractivity contribution in [2.24, 2.45) is 0 Å². The number of benzene rings is 1. The van der Waals surface area contributed by atoms with Crippen molar-refractivity contribution in [3.63, 3.8) is 0 Å². The Balaban J connectivity index is 2.94. The SMILES string of the molecule is Fc1ccc(NS)c(OC(F)F)c1. The predicted octanol–water partition coefficient (Wildman–Crippen LogP) is 2.68. The summed E-state index contributed by atoms with van der Waals surface area (Å²) < 4.78 is 42.4. The zero-order valence-corrected chi connectivity index (χ0v) is 7.19. The van der Waals surface area contributed by atoms with Crippen molar-refractivity contribution in [1.29, 1.82) is 0 Å². The van der Waals surface area contributed by atoms with Gasteiger partial charge >= 0.3 is 6.61 Å².